The van der Waals surface area contributed by atoms with Gasteiger partial charge in [0.15, 0.2) is 0 Å². The summed E-state index contributed by atoms with van der Waals surface area (Å²) in [5, 5.41) is 0. The van der Waals surface area contributed by atoms with E-state index in [-0.39, 0.29) is 0 Å². The Morgan fingerprint density at radius 3 is 0.620 bits per heavy atom. The van der Waals surface area contributed by atoms with E-state index in [4.69, 9.17) is 0 Å². The molecular formula is C90H68N2. The van der Waals surface area contributed by atoms with Crippen LogP contribution in [0.3, 0.4) is 0 Å². The fourth-order valence-corrected chi connectivity index (χ4v) is 11.5. The third-order valence-electron chi connectivity index (χ3n) is 16.3. The molecule has 438 valence electrons. The molecule has 0 radical (unpaired) electrons. The molecule has 0 bridgehead atoms. The van der Waals surface area contributed by atoms with Crippen LogP contribution in [0.4, 0.5) is 22.7 Å². The van der Waals surface area contributed by atoms with Gasteiger partial charge in [0.05, 0.1) is 0 Å². The number of nitrogens with zero attached hydrogens (tertiary/aromatic N) is 2. The fraction of sp³-hybridized carbons (Fsp3) is 0. The van der Waals surface area contributed by atoms with Gasteiger partial charge in [-0.2, -0.15) is 0 Å². The van der Waals surface area contributed by atoms with Crippen molar-refractivity contribution in [2.45, 2.75) is 0 Å². The number of hydrogen-bond donors (Lipinski definition) is 0. The summed E-state index contributed by atoms with van der Waals surface area (Å²) in [5.41, 5.74) is 24.8. The second-order valence-corrected chi connectivity index (χ2v) is 22.6. The van der Waals surface area contributed by atoms with E-state index in [9.17, 15) is 0 Å². The maximum Gasteiger partial charge on any atom is 0.0456 e. The van der Waals surface area contributed by atoms with Gasteiger partial charge in [0.25, 0.3) is 0 Å². The topological polar surface area (TPSA) is 6.48 Å². The minimum atomic E-state index is 1.05. The lowest BCUT2D eigenvalue weighted by molar-refractivity contribution is 1.28. The second-order valence-electron chi connectivity index (χ2n) is 22.6. The number of benzene rings is 13. The third-order valence-corrected chi connectivity index (χ3v) is 16.3. The molecule has 2 heteroatoms. The molecule has 0 saturated heterocycles. The molecule has 13 rings (SSSR count). The normalized spacial score (nSPS) is 11.0. The van der Waals surface area contributed by atoms with Crippen LogP contribution in [0, 0.1) is 0 Å². The number of rotatable bonds is 20. The van der Waals surface area contributed by atoms with E-state index >= 15 is 0 Å². The lowest BCUT2D eigenvalue weighted by Gasteiger charge is -2.24. The summed E-state index contributed by atoms with van der Waals surface area (Å²) in [5.74, 6) is 0. The highest BCUT2D eigenvalue weighted by Crippen LogP contribution is 2.36. The van der Waals surface area contributed by atoms with Crippen molar-refractivity contribution in [3.63, 3.8) is 0 Å². The standard InChI is InChI=1S/C90H68N2/c1-9-28-75(29-10-1)87(76-30-11-2-12-31-76)65-73-52-60-85(61-53-73)91(67-89(79-36-17-5-18-37-79)80-38-19-6-20-39-80)83-56-48-69(49-57-83)44-46-71-26-25-27-72(64-71)47-45-70-50-58-84(59-51-70)92(68-90(81-40-21-7-22-41-81)82-42-23-8-24-43-82)86-62-54-74(55-63-86)66-88(77-32-13-3-14-33-77)78-34-15-4-16-35-78/h1-68H. The summed E-state index contributed by atoms with van der Waals surface area (Å²) in [4.78, 5) is 4.61. The van der Waals surface area contributed by atoms with Gasteiger partial charge < -0.3 is 9.80 Å². The van der Waals surface area contributed by atoms with Crippen LogP contribution >= 0.6 is 0 Å². The zero-order chi connectivity index (χ0) is 61.9. The summed E-state index contributed by atoms with van der Waals surface area (Å²) >= 11 is 0. The monoisotopic (exact) mass is 1180 g/mol. The first-order valence-electron chi connectivity index (χ1n) is 31.4. The van der Waals surface area contributed by atoms with Crippen LogP contribution in [0.2, 0.25) is 0 Å². The minimum Gasteiger partial charge on any atom is -0.317 e. The van der Waals surface area contributed by atoms with Gasteiger partial charge in [0.2, 0.25) is 0 Å². The molecule has 13 aromatic carbocycles. The maximum atomic E-state index is 2.31. The van der Waals surface area contributed by atoms with Crippen molar-refractivity contribution in [1.82, 2.24) is 0 Å². The van der Waals surface area contributed by atoms with Crippen molar-refractivity contribution in [1.29, 1.82) is 0 Å². The largest absolute Gasteiger partial charge is 0.317 e. The second kappa shape index (κ2) is 29.3. The van der Waals surface area contributed by atoms with Crippen LogP contribution in [0.1, 0.15) is 77.9 Å². The van der Waals surface area contributed by atoms with Gasteiger partial charge in [-0.15, -0.1) is 0 Å². The summed E-state index contributed by atoms with van der Waals surface area (Å²) in [6, 6.07) is 129. The Labute approximate surface area is 542 Å². The third kappa shape index (κ3) is 14.9. The zero-order valence-corrected chi connectivity index (χ0v) is 51.2. The van der Waals surface area contributed by atoms with Gasteiger partial charge >= 0.3 is 0 Å². The van der Waals surface area contributed by atoms with Crippen molar-refractivity contribution >= 4 is 81.5 Å². The molecular weight excluding hydrogens is 1110 g/mol. The van der Waals surface area contributed by atoms with Crippen LogP contribution < -0.4 is 9.80 Å². The van der Waals surface area contributed by atoms with E-state index in [2.05, 4.69) is 423 Å². The van der Waals surface area contributed by atoms with Gasteiger partial charge in [0.1, 0.15) is 0 Å². The zero-order valence-electron chi connectivity index (χ0n) is 51.2. The molecule has 0 aliphatic rings. The van der Waals surface area contributed by atoms with Gasteiger partial charge in [-0.05, 0) is 156 Å². The smallest absolute Gasteiger partial charge is 0.0456 e. The predicted octanol–water partition coefficient (Wildman–Crippen LogP) is 23.7. The first kappa shape index (κ1) is 58.9. The summed E-state index contributed by atoms with van der Waals surface area (Å²) in [6.07, 6.45) is 17.9. The Bertz CT molecular complexity index is 4200. The molecule has 2 nitrogen and oxygen atoms in total. The van der Waals surface area contributed by atoms with E-state index in [1.54, 1.807) is 0 Å². The Morgan fingerprint density at radius 2 is 0.380 bits per heavy atom. The van der Waals surface area contributed by atoms with E-state index in [1.807, 2.05) is 0 Å². The maximum absolute atomic E-state index is 2.31. The Balaban J connectivity index is 0.762. The summed E-state index contributed by atoms with van der Waals surface area (Å²) in [7, 11) is 0. The predicted molar refractivity (Wildman–Crippen MR) is 394 cm³/mol. The number of anilines is 4. The molecule has 0 saturated carbocycles. The van der Waals surface area contributed by atoms with Crippen LogP contribution in [0.15, 0.2) is 376 Å². The van der Waals surface area contributed by atoms with Gasteiger partial charge in [0, 0.05) is 46.3 Å². The fourth-order valence-electron chi connectivity index (χ4n) is 11.5. The molecule has 0 spiro atoms. The van der Waals surface area contributed by atoms with E-state index in [1.165, 1.54) is 33.4 Å². The molecule has 0 aliphatic carbocycles. The van der Waals surface area contributed by atoms with Crippen molar-refractivity contribution in [2.24, 2.45) is 0 Å². The lowest BCUT2D eigenvalue weighted by Crippen LogP contribution is -2.10. The lowest BCUT2D eigenvalue weighted by atomic mass is 9.95. The quantitative estimate of drug-likeness (QED) is 0.0702. The first-order chi connectivity index (χ1) is 45.6. The van der Waals surface area contributed by atoms with E-state index < -0.39 is 0 Å². The van der Waals surface area contributed by atoms with Gasteiger partial charge in [-0.25, -0.2) is 0 Å². The molecule has 13 aromatic rings. The molecule has 0 unspecified atom stereocenters. The van der Waals surface area contributed by atoms with Crippen LogP contribution in [-0.4, -0.2) is 0 Å². The molecule has 0 aromatic heterocycles. The van der Waals surface area contributed by atoms with E-state index in [0.717, 1.165) is 89.5 Å². The molecule has 0 atom stereocenters. The van der Waals surface area contributed by atoms with Gasteiger partial charge in [-0.3, -0.25) is 0 Å². The van der Waals surface area contributed by atoms with Crippen molar-refractivity contribution in [3.8, 4) is 0 Å². The van der Waals surface area contributed by atoms with Crippen molar-refractivity contribution in [3.05, 3.63) is 454 Å². The molecule has 0 fully saturated rings. The SMILES string of the molecule is C(=Cc1cccc(C=Cc2ccc(N(C=C(c3ccccc3)c3ccccc3)c3ccc(C=C(c4ccccc4)c4ccccc4)cc3)cc2)c1)c1ccc(N(C=C(c2ccccc2)c2ccccc2)c2ccc(C=C(c3ccccc3)c3ccccc3)cc2)cc1. The highest BCUT2D eigenvalue weighted by molar-refractivity contribution is 5.94. The molecule has 92 heavy (non-hydrogen) atoms. The average molecular weight is 1180 g/mol. The van der Waals surface area contributed by atoms with Crippen LogP contribution in [-0.2, 0) is 0 Å². The van der Waals surface area contributed by atoms with Crippen molar-refractivity contribution < 1.29 is 0 Å². The highest BCUT2D eigenvalue weighted by Gasteiger charge is 2.16. The summed E-state index contributed by atoms with van der Waals surface area (Å²) in [6.45, 7) is 0. The molecule has 0 aliphatic heterocycles. The molecule has 0 N–H and O–H groups in total. The average Bonchev–Trinajstić information content (AvgIpc) is 3.74. The Kier molecular flexibility index (Phi) is 18.7. The van der Waals surface area contributed by atoms with E-state index in [0.29, 0.717) is 0 Å². The molecule has 0 heterocycles. The van der Waals surface area contributed by atoms with Crippen molar-refractivity contribution in [2.75, 3.05) is 9.80 Å². The van der Waals surface area contributed by atoms with Crippen LogP contribution in [0.25, 0.3) is 58.7 Å². The summed E-state index contributed by atoms with van der Waals surface area (Å²) < 4.78 is 0. The Hall–Kier alpha value is -12.1. The Morgan fingerprint density at radius 1 is 0.174 bits per heavy atom. The number of hydrogen-bond acceptors (Lipinski definition) is 2. The minimum absolute atomic E-state index is 1.05. The van der Waals surface area contributed by atoms with Crippen LogP contribution in [0.5, 0.6) is 0 Å². The highest BCUT2D eigenvalue weighted by atomic mass is 15.1. The molecule has 0 amide bonds. The first-order valence-corrected chi connectivity index (χ1v) is 31.4. The van der Waals surface area contributed by atoms with Gasteiger partial charge in [-0.1, -0.05) is 334 Å².